The molecule has 7 nitrogen and oxygen atoms in total. The summed E-state index contributed by atoms with van der Waals surface area (Å²) in [6.07, 6.45) is 3.77. The topological polar surface area (TPSA) is 98.3 Å². The van der Waals surface area contributed by atoms with E-state index in [-0.39, 0.29) is 18.2 Å². The molecule has 0 aliphatic heterocycles. The molecule has 3 heterocycles. The lowest BCUT2D eigenvalue weighted by atomic mass is 10.0. The smallest absolute Gasteiger partial charge is 0.272 e. The number of hydrogen-bond donors (Lipinski definition) is 2. The second-order valence-corrected chi connectivity index (χ2v) is 6.38. The highest BCUT2D eigenvalue weighted by Crippen LogP contribution is 2.29. The van der Waals surface area contributed by atoms with Crippen molar-refractivity contribution in [2.75, 3.05) is 0 Å². The largest absolute Gasteiger partial charge is 0.491 e. The number of aromatic nitrogens is 4. The van der Waals surface area contributed by atoms with Crippen LogP contribution in [0.5, 0.6) is 5.75 Å². The highest BCUT2D eigenvalue weighted by molar-refractivity contribution is 5.91. The van der Waals surface area contributed by atoms with Crippen molar-refractivity contribution in [3.63, 3.8) is 0 Å². The number of ether oxygens (including phenoxy) is 1. The molecule has 26 heavy (non-hydrogen) atoms. The van der Waals surface area contributed by atoms with Crippen LogP contribution in [0, 0.1) is 0 Å². The van der Waals surface area contributed by atoms with Crippen LogP contribution >= 0.6 is 0 Å². The third-order valence-corrected chi connectivity index (χ3v) is 4.24. The van der Waals surface area contributed by atoms with E-state index in [1.54, 1.807) is 16.8 Å². The third-order valence-electron chi connectivity index (χ3n) is 4.24. The fraction of sp³-hybridized carbons (Fsp3) is 0.211. The normalized spacial score (nSPS) is 11.5. The zero-order chi connectivity index (χ0) is 18.3. The van der Waals surface area contributed by atoms with E-state index in [4.69, 9.17) is 10.5 Å². The highest BCUT2D eigenvalue weighted by atomic mass is 16.5. The Bertz CT molecular complexity index is 1160. The molecule has 4 aromatic rings. The van der Waals surface area contributed by atoms with Crippen molar-refractivity contribution in [3.05, 3.63) is 58.8 Å². The van der Waals surface area contributed by atoms with Gasteiger partial charge >= 0.3 is 0 Å². The lowest BCUT2D eigenvalue weighted by Crippen LogP contribution is -2.13. The Labute approximate surface area is 149 Å². The first-order valence-electron chi connectivity index (χ1n) is 8.42. The number of nitrogens with zero attached hydrogens (tertiary/aromatic N) is 3. The third kappa shape index (κ3) is 2.72. The molecule has 0 radical (unpaired) electrons. The molecular formula is C19H19N5O2. The minimum atomic E-state index is -0.226. The van der Waals surface area contributed by atoms with E-state index >= 15 is 0 Å². The number of pyridine rings is 1. The van der Waals surface area contributed by atoms with Crippen molar-refractivity contribution in [3.8, 4) is 16.9 Å². The van der Waals surface area contributed by atoms with Gasteiger partial charge in [0.15, 0.2) is 0 Å². The summed E-state index contributed by atoms with van der Waals surface area (Å²) in [5, 5.41) is 12.3. The first-order chi connectivity index (χ1) is 12.6. The maximum Gasteiger partial charge on any atom is 0.272 e. The molecule has 0 saturated heterocycles. The van der Waals surface area contributed by atoms with Crippen molar-refractivity contribution in [1.82, 2.24) is 19.8 Å². The quantitative estimate of drug-likeness (QED) is 0.590. The predicted octanol–water partition coefficient (Wildman–Crippen LogP) is 2.48. The van der Waals surface area contributed by atoms with Gasteiger partial charge in [0, 0.05) is 29.8 Å². The molecule has 0 saturated carbocycles. The Hall–Kier alpha value is -3.19. The van der Waals surface area contributed by atoms with Crippen LogP contribution in [0.1, 0.15) is 19.5 Å². The van der Waals surface area contributed by atoms with E-state index < -0.39 is 0 Å². The lowest BCUT2D eigenvalue weighted by molar-refractivity contribution is 0.242. The molecule has 0 aliphatic rings. The highest BCUT2D eigenvalue weighted by Gasteiger charge is 2.12. The standard InChI is InChI=1S/C19H19N5O2/c1-11(2)26-13-5-6-24-18(8-13)16(10-21-24)12-3-4-14-15(7-12)17(9-20)22-23-19(14)25/h3-8,10-11H,9,20H2,1-2H3,(H,23,25). The van der Waals surface area contributed by atoms with Crippen molar-refractivity contribution < 1.29 is 4.74 Å². The summed E-state index contributed by atoms with van der Waals surface area (Å²) >= 11 is 0. The van der Waals surface area contributed by atoms with Crippen molar-refractivity contribution in [1.29, 1.82) is 0 Å². The molecule has 0 atom stereocenters. The molecule has 1 aromatic carbocycles. The van der Waals surface area contributed by atoms with Crippen molar-refractivity contribution in [2.24, 2.45) is 5.73 Å². The monoisotopic (exact) mass is 349 g/mol. The summed E-state index contributed by atoms with van der Waals surface area (Å²) in [6.45, 7) is 4.23. The van der Waals surface area contributed by atoms with E-state index in [2.05, 4.69) is 15.3 Å². The summed E-state index contributed by atoms with van der Waals surface area (Å²) in [6, 6.07) is 9.49. The van der Waals surface area contributed by atoms with Crippen LogP contribution in [0.25, 0.3) is 27.4 Å². The van der Waals surface area contributed by atoms with Gasteiger partial charge in [-0.2, -0.15) is 10.2 Å². The van der Waals surface area contributed by atoms with Crippen LogP contribution in [0.3, 0.4) is 0 Å². The maximum atomic E-state index is 12.0. The zero-order valence-corrected chi connectivity index (χ0v) is 14.6. The fourth-order valence-corrected chi connectivity index (χ4v) is 3.07. The molecule has 0 fully saturated rings. The van der Waals surface area contributed by atoms with Gasteiger partial charge < -0.3 is 10.5 Å². The van der Waals surface area contributed by atoms with Gasteiger partial charge in [0.25, 0.3) is 5.56 Å². The summed E-state index contributed by atoms with van der Waals surface area (Å²) in [5.41, 5.74) is 9.02. The number of hydrogen-bond acceptors (Lipinski definition) is 5. The zero-order valence-electron chi connectivity index (χ0n) is 14.6. The van der Waals surface area contributed by atoms with Gasteiger partial charge in [-0.05, 0) is 37.6 Å². The number of nitrogens with two attached hydrogens (primary N) is 1. The summed E-state index contributed by atoms with van der Waals surface area (Å²) in [7, 11) is 0. The van der Waals surface area contributed by atoms with Gasteiger partial charge in [0.1, 0.15) is 5.75 Å². The van der Waals surface area contributed by atoms with Gasteiger partial charge in [-0.25, -0.2) is 9.61 Å². The molecule has 0 amide bonds. The molecule has 4 rings (SSSR count). The number of aromatic amines is 1. The Morgan fingerprint density at radius 3 is 2.85 bits per heavy atom. The molecular weight excluding hydrogens is 330 g/mol. The minimum Gasteiger partial charge on any atom is -0.491 e. The fourth-order valence-electron chi connectivity index (χ4n) is 3.07. The van der Waals surface area contributed by atoms with Crippen LogP contribution in [0.2, 0.25) is 0 Å². The molecule has 0 aliphatic carbocycles. The van der Waals surface area contributed by atoms with Crippen LogP contribution in [-0.2, 0) is 6.54 Å². The second kappa shape index (κ2) is 6.27. The van der Waals surface area contributed by atoms with E-state index in [9.17, 15) is 4.79 Å². The van der Waals surface area contributed by atoms with Gasteiger partial charge in [-0.1, -0.05) is 6.07 Å². The predicted molar refractivity (Wildman–Crippen MR) is 100 cm³/mol. The summed E-state index contributed by atoms with van der Waals surface area (Å²) < 4.78 is 7.59. The molecule has 0 bridgehead atoms. The van der Waals surface area contributed by atoms with Crippen LogP contribution in [0.15, 0.2) is 47.5 Å². The van der Waals surface area contributed by atoms with E-state index in [1.807, 2.05) is 44.3 Å². The van der Waals surface area contributed by atoms with Gasteiger partial charge in [0.05, 0.1) is 28.9 Å². The second-order valence-electron chi connectivity index (χ2n) is 6.38. The first kappa shape index (κ1) is 16.3. The Balaban J connectivity index is 1.90. The Kier molecular flexibility index (Phi) is 3.93. The van der Waals surface area contributed by atoms with Crippen LogP contribution in [-0.4, -0.2) is 25.9 Å². The molecule has 0 spiro atoms. The van der Waals surface area contributed by atoms with Crippen LogP contribution < -0.4 is 16.0 Å². The Morgan fingerprint density at radius 2 is 2.08 bits per heavy atom. The number of benzene rings is 1. The number of rotatable bonds is 4. The molecule has 7 heteroatoms. The van der Waals surface area contributed by atoms with Gasteiger partial charge in [-0.3, -0.25) is 4.79 Å². The molecule has 3 aromatic heterocycles. The molecule has 132 valence electrons. The van der Waals surface area contributed by atoms with Crippen molar-refractivity contribution in [2.45, 2.75) is 26.5 Å². The summed E-state index contributed by atoms with van der Waals surface area (Å²) in [4.78, 5) is 12.0. The number of nitrogens with one attached hydrogen (secondary N) is 1. The number of fused-ring (bicyclic) bond motifs is 2. The molecule has 3 N–H and O–H groups in total. The first-order valence-corrected chi connectivity index (χ1v) is 8.42. The van der Waals surface area contributed by atoms with Crippen LogP contribution in [0.4, 0.5) is 0 Å². The maximum absolute atomic E-state index is 12.0. The molecule has 0 unspecified atom stereocenters. The summed E-state index contributed by atoms with van der Waals surface area (Å²) in [5.74, 6) is 0.788. The van der Waals surface area contributed by atoms with E-state index in [1.165, 1.54) is 0 Å². The SMILES string of the molecule is CC(C)Oc1ccn2ncc(-c3ccc4c(=O)[nH]nc(CN)c4c3)c2c1. The van der Waals surface area contributed by atoms with E-state index in [0.717, 1.165) is 27.8 Å². The average molecular weight is 349 g/mol. The van der Waals surface area contributed by atoms with Crippen molar-refractivity contribution >= 4 is 16.3 Å². The Morgan fingerprint density at radius 1 is 1.23 bits per heavy atom. The van der Waals surface area contributed by atoms with Gasteiger partial charge in [0.2, 0.25) is 0 Å². The lowest BCUT2D eigenvalue weighted by Gasteiger charge is -2.10. The minimum absolute atomic E-state index is 0.0920. The number of H-pyrrole nitrogens is 1. The van der Waals surface area contributed by atoms with Gasteiger partial charge in [-0.15, -0.1) is 0 Å². The average Bonchev–Trinajstić information content (AvgIpc) is 3.04. The van der Waals surface area contributed by atoms with E-state index in [0.29, 0.717) is 11.1 Å².